The molecule has 1 saturated heterocycles. The van der Waals surface area contributed by atoms with Crippen molar-refractivity contribution in [3.05, 3.63) is 48.2 Å². The second-order valence-corrected chi connectivity index (χ2v) is 4.65. The van der Waals surface area contributed by atoms with Crippen molar-refractivity contribution in [2.45, 2.75) is 6.54 Å². The summed E-state index contributed by atoms with van der Waals surface area (Å²) in [6.45, 7) is 4.74. The van der Waals surface area contributed by atoms with E-state index < -0.39 is 0 Å². The lowest BCUT2D eigenvalue weighted by Crippen LogP contribution is -2.35. The topological polar surface area (TPSA) is 28.3 Å². The van der Waals surface area contributed by atoms with E-state index in [0.29, 0.717) is 0 Å². The van der Waals surface area contributed by atoms with Gasteiger partial charge in [0.2, 0.25) is 0 Å². The average Bonchev–Trinajstić information content (AvgIpc) is 2.89. The molecule has 1 aliphatic rings. The van der Waals surface area contributed by atoms with Crippen LogP contribution in [0.4, 0.5) is 0 Å². The Hall–Kier alpha value is -1.58. The van der Waals surface area contributed by atoms with Crippen molar-refractivity contribution in [2.75, 3.05) is 26.3 Å². The zero-order valence-corrected chi connectivity index (χ0v) is 10.4. The van der Waals surface area contributed by atoms with E-state index in [4.69, 9.17) is 4.74 Å². The van der Waals surface area contributed by atoms with Gasteiger partial charge in [-0.1, -0.05) is 30.3 Å². The number of nitrogens with zero attached hydrogens (tertiary/aromatic N) is 1. The van der Waals surface area contributed by atoms with E-state index in [9.17, 15) is 0 Å². The first-order valence-corrected chi connectivity index (χ1v) is 6.45. The van der Waals surface area contributed by atoms with E-state index in [1.54, 1.807) is 0 Å². The highest BCUT2D eigenvalue weighted by atomic mass is 16.5. The molecule has 18 heavy (non-hydrogen) atoms. The van der Waals surface area contributed by atoms with Gasteiger partial charge in [0.1, 0.15) is 0 Å². The number of H-pyrrole nitrogens is 1. The van der Waals surface area contributed by atoms with E-state index in [1.807, 2.05) is 6.07 Å². The Labute approximate surface area is 107 Å². The van der Waals surface area contributed by atoms with Crippen molar-refractivity contribution in [2.24, 2.45) is 0 Å². The third-order valence-corrected chi connectivity index (χ3v) is 3.33. The van der Waals surface area contributed by atoms with Crippen LogP contribution >= 0.6 is 0 Å². The van der Waals surface area contributed by atoms with E-state index >= 15 is 0 Å². The molecule has 3 heteroatoms. The van der Waals surface area contributed by atoms with Gasteiger partial charge in [-0.15, -0.1) is 0 Å². The van der Waals surface area contributed by atoms with Gasteiger partial charge in [0.25, 0.3) is 0 Å². The molecular formula is C15H18N2O. The Bertz CT molecular complexity index is 486. The maximum atomic E-state index is 5.36. The van der Waals surface area contributed by atoms with E-state index in [2.05, 4.69) is 46.3 Å². The number of morpholine rings is 1. The molecule has 1 aromatic heterocycles. The molecule has 1 fully saturated rings. The highest BCUT2D eigenvalue weighted by Crippen LogP contribution is 2.18. The van der Waals surface area contributed by atoms with Crippen LogP contribution in [0.2, 0.25) is 0 Å². The summed E-state index contributed by atoms with van der Waals surface area (Å²) in [6, 6.07) is 14.8. The minimum atomic E-state index is 0.853. The molecule has 0 amide bonds. The second-order valence-electron chi connectivity index (χ2n) is 4.65. The van der Waals surface area contributed by atoms with Gasteiger partial charge >= 0.3 is 0 Å². The third-order valence-electron chi connectivity index (χ3n) is 3.33. The van der Waals surface area contributed by atoms with Gasteiger partial charge in [0.15, 0.2) is 0 Å². The van der Waals surface area contributed by atoms with Crippen LogP contribution in [0.25, 0.3) is 11.3 Å². The molecule has 0 spiro atoms. The highest BCUT2D eigenvalue weighted by Gasteiger charge is 2.11. The summed E-state index contributed by atoms with van der Waals surface area (Å²) >= 11 is 0. The summed E-state index contributed by atoms with van der Waals surface area (Å²) < 4.78 is 5.36. The minimum Gasteiger partial charge on any atom is -0.379 e. The Morgan fingerprint density at radius 1 is 1.00 bits per heavy atom. The number of rotatable bonds is 3. The summed E-state index contributed by atoms with van der Waals surface area (Å²) in [4.78, 5) is 5.92. The quantitative estimate of drug-likeness (QED) is 0.895. The lowest BCUT2D eigenvalue weighted by Gasteiger charge is -2.25. The van der Waals surface area contributed by atoms with Crippen molar-refractivity contribution < 1.29 is 4.74 Å². The van der Waals surface area contributed by atoms with E-state index in [-0.39, 0.29) is 0 Å². The molecule has 0 bridgehead atoms. The van der Waals surface area contributed by atoms with Crippen LogP contribution in [-0.2, 0) is 11.3 Å². The van der Waals surface area contributed by atoms with E-state index in [1.165, 1.54) is 17.0 Å². The van der Waals surface area contributed by atoms with Crippen LogP contribution < -0.4 is 0 Å². The van der Waals surface area contributed by atoms with Crippen molar-refractivity contribution in [1.82, 2.24) is 9.88 Å². The number of hydrogen-bond acceptors (Lipinski definition) is 2. The normalized spacial score (nSPS) is 16.9. The molecule has 3 nitrogen and oxygen atoms in total. The maximum absolute atomic E-state index is 5.36. The molecule has 2 heterocycles. The van der Waals surface area contributed by atoms with Crippen LogP contribution in [0.15, 0.2) is 42.5 Å². The monoisotopic (exact) mass is 242 g/mol. The van der Waals surface area contributed by atoms with Gasteiger partial charge in [0, 0.05) is 31.0 Å². The first-order valence-electron chi connectivity index (χ1n) is 6.45. The summed E-state index contributed by atoms with van der Waals surface area (Å²) in [5.74, 6) is 0. The molecule has 0 saturated carbocycles. The lowest BCUT2D eigenvalue weighted by molar-refractivity contribution is 0.0337. The minimum absolute atomic E-state index is 0.853. The molecule has 1 aromatic carbocycles. The number of aromatic amines is 1. The van der Waals surface area contributed by atoms with Gasteiger partial charge in [0.05, 0.1) is 13.2 Å². The zero-order chi connectivity index (χ0) is 12.2. The maximum Gasteiger partial charge on any atom is 0.0594 e. The fourth-order valence-corrected chi connectivity index (χ4v) is 2.32. The molecule has 1 aliphatic heterocycles. The largest absolute Gasteiger partial charge is 0.379 e. The fraction of sp³-hybridized carbons (Fsp3) is 0.333. The molecule has 0 unspecified atom stereocenters. The van der Waals surface area contributed by atoms with Gasteiger partial charge in [-0.25, -0.2) is 0 Å². The first-order chi connectivity index (χ1) is 8.92. The van der Waals surface area contributed by atoms with Gasteiger partial charge in [-0.05, 0) is 17.7 Å². The molecule has 2 aromatic rings. The number of ether oxygens (including phenoxy) is 1. The van der Waals surface area contributed by atoms with Crippen LogP contribution in [0.5, 0.6) is 0 Å². The number of hydrogen-bond donors (Lipinski definition) is 1. The van der Waals surface area contributed by atoms with Gasteiger partial charge in [-0.2, -0.15) is 0 Å². The van der Waals surface area contributed by atoms with Crippen LogP contribution in [-0.4, -0.2) is 36.2 Å². The van der Waals surface area contributed by atoms with Crippen molar-refractivity contribution in [3.8, 4) is 11.3 Å². The van der Waals surface area contributed by atoms with Crippen molar-refractivity contribution in [1.29, 1.82) is 0 Å². The predicted molar refractivity (Wildman–Crippen MR) is 72.3 cm³/mol. The average molecular weight is 242 g/mol. The third kappa shape index (κ3) is 2.63. The second kappa shape index (κ2) is 5.38. The Kier molecular flexibility index (Phi) is 3.44. The SMILES string of the molecule is c1ccc(-c2ccc(CN3CCOCC3)[nH]2)cc1. The van der Waals surface area contributed by atoms with Gasteiger partial charge < -0.3 is 9.72 Å². The standard InChI is InChI=1S/C15H18N2O/c1-2-4-13(5-3-1)15-7-6-14(16-15)12-17-8-10-18-11-9-17/h1-7,16H,8-12H2. The van der Waals surface area contributed by atoms with Crippen LogP contribution in [0.1, 0.15) is 5.69 Å². The Balaban J connectivity index is 1.69. The smallest absolute Gasteiger partial charge is 0.0594 e. The van der Waals surface area contributed by atoms with E-state index in [0.717, 1.165) is 32.8 Å². The molecular weight excluding hydrogens is 224 g/mol. The first kappa shape index (κ1) is 11.5. The number of aromatic nitrogens is 1. The summed E-state index contributed by atoms with van der Waals surface area (Å²) in [6.07, 6.45) is 0. The molecule has 1 N–H and O–H groups in total. The molecule has 0 atom stereocenters. The summed E-state index contributed by atoms with van der Waals surface area (Å²) in [7, 11) is 0. The number of benzene rings is 1. The summed E-state index contributed by atoms with van der Waals surface area (Å²) in [5.41, 5.74) is 3.71. The summed E-state index contributed by atoms with van der Waals surface area (Å²) in [5, 5.41) is 0. The van der Waals surface area contributed by atoms with Crippen LogP contribution in [0.3, 0.4) is 0 Å². The number of nitrogens with one attached hydrogen (secondary N) is 1. The Morgan fingerprint density at radius 2 is 1.78 bits per heavy atom. The highest BCUT2D eigenvalue weighted by molar-refractivity contribution is 5.59. The molecule has 94 valence electrons. The van der Waals surface area contributed by atoms with Crippen LogP contribution in [0, 0.1) is 0 Å². The molecule has 0 aliphatic carbocycles. The van der Waals surface area contributed by atoms with Crippen molar-refractivity contribution in [3.63, 3.8) is 0 Å². The zero-order valence-electron chi connectivity index (χ0n) is 10.4. The van der Waals surface area contributed by atoms with Crippen molar-refractivity contribution >= 4 is 0 Å². The predicted octanol–water partition coefficient (Wildman–Crippen LogP) is 2.51. The van der Waals surface area contributed by atoms with Gasteiger partial charge in [-0.3, -0.25) is 4.90 Å². The molecule has 0 radical (unpaired) electrons. The fourth-order valence-electron chi connectivity index (χ4n) is 2.32. The Morgan fingerprint density at radius 3 is 2.56 bits per heavy atom. The lowest BCUT2D eigenvalue weighted by atomic mass is 10.2. The molecule has 3 rings (SSSR count).